The van der Waals surface area contributed by atoms with Gasteiger partial charge in [0.2, 0.25) is 0 Å². The third-order valence-corrected chi connectivity index (χ3v) is 6.05. The second kappa shape index (κ2) is 11.6. The Morgan fingerprint density at radius 2 is 2.15 bits per heavy atom. The topological polar surface area (TPSA) is 113 Å². The van der Waals surface area contributed by atoms with Crippen LogP contribution in [-0.4, -0.2) is 59.7 Å². The Hall–Kier alpha value is -3.49. The summed E-state index contributed by atoms with van der Waals surface area (Å²) < 4.78 is 5.50. The fraction of sp³-hybridized carbons (Fsp3) is 0.346. The number of nitrogens with zero attached hydrogens (tertiary/aromatic N) is 3. The number of fused-ring (bicyclic) bond motifs is 1. The van der Waals surface area contributed by atoms with E-state index in [4.69, 9.17) is 15.6 Å². The van der Waals surface area contributed by atoms with E-state index in [2.05, 4.69) is 26.3 Å². The number of benzene rings is 2. The number of anilines is 1. The molecule has 178 valence electrons. The second-order valence-electron chi connectivity index (χ2n) is 8.48. The first-order valence-corrected chi connectivity index (χ1v) is 11.6. The summed E-state index contributed by atoms with van der Waals surface area (Å²) in [5.74, 6) is 1.20. The van der Waals surface area contributed by atoms with Gasteiger partial charge in [0.15, 0.2) is 0 Å². The number of nitrogens with one attached hydrogen (secondary N) is 1. The Morgan fingerprint density at radius 3 is 3.03 bits per heavy atom. The third-order valence-electron chi connectivity index (χ3n) is 6.05. The molecule has 1 unspecified atom stereocenters. The maximum Gasteiger partial charge on any atom is 0.347 e. The summed E-state index contributed by atoms with van der Waals surface area (Å²) in [6.07, 6.45) is 6.28. The lowest BCUT2D eigenvalue weighted by Gasteiger charge is -2.32. The lowest BCUT2D eigenvalue weighted by molar-refractivity contribution is 0.200. The SMILES string of the molecule is N/C(=N\C(=O)Nc1cccc2cnccc12)C1CCCN(CCc2cccc(OCCO)c2)C1. The average molecular weight is 462 g/mol. The molecule has 0 saturated carbocycles. The van der Waals surface area contributed by atoms with E-state index in [1.54, 1.807) is 12.4 Å². The van der Waals surface area contributed by atoms with Crippen LogP contribution in [0.4, 0.5) is 10.5 Å². The van der Waals surface area contributed by atoms with Crippen molar-refractivity contribution in [1.82, 2.24) is 9.88 Å². The third kappa shape index (κ3) is 6.30. The van der Waals surface area contributed by atoms with Gasteiger partial charge in [-0.05, 0) is 55.6 Å². The predicted octanol–water partition coefficient (Wildman–Crippen LogP) is 3.45. The number of aliphatic hydroxyl groups is 1. The highest BCUT2D eigenvalue weighted by molar-refractivity contribution is 6.05. The smallest absolute Gasteiger partial charge is 0.347 e. The van der Waals surface area contributed by atoms with E-state index < -0.39 is 6.03 Å². The molecular formula is C26H31N5O3. The number of pyridine rings is 1. The van der Waals surface area contributed by atoms with E-state index in [1.165, 1.54) is 5.56 Å². The highest BCUT2D eigenvalue weighted by atomic mass is 16.5. The van der Waals surface area contributed by atoms with Gasteiger partial charge in [-0.25, -0.2) is 4.79 Å². The minimum atomic E-state index is -0.460. The average Bonchev–Trinajstić information content (AvgIpc) is 2.87. The number of hydrogen-bond donors (Lipinski definition) is 3. The number of carbonyl (C=O) groups excluding carboxylic acids is 1. The number of hydrogen-bond acceptors (Lipinski definition) is 5. The number of amidine groups is 1. The number of amides is 2. The zero-order valence-corrected chi connectivity index (χ0v) is 19.2. The van der Waals surface area contributed by atoms with E-state index in [9.17, 15) is 4.79 Å². The molecule has 1 aliphatic rings. The second-order valence-corrected chi connectivity index (χ2v) is 8.48. The number of piperidine rings is 1. The van der Waals surface area contributed by atoms with Gasteiger partial charge in [0, 0.05) is 42.2 Å². The van der Waals surface area contributed by atoms with Gasteiger partial charge in [0.25, 0.3) is 0 Å². The van der Waals surface area contributed by atoms with Crippen LogP contribution >= 0.6 is 0 Å². The minimum absolute atomic E-state index is 0.000186. The Morgan fingerprint density at radius 1 is 1.26 bits per heavy atom. The first kappa shape index (κ1) is 23.7. The Labute approximate surface area is 199 Å². The summed E-state index contributed by atoms with van der Waals surface area (Å²) in [4.78, 5) is 23.2. The molecule has 1 saturated heterocycles. The van der Waals surface area contributed by atoms with Crippen molar-refractivity contribution in [3.8, 4) is 5.75 Å². The number of aliphatic hydroxyl groups excluding tert-OH is 1. The van der Waals surface area contributed by atoms with Crippen molar-refractivity contribution in [2.24, 2.45) is 16.6 Å². The predicted molar refractivity (Wildman–Crippen MR) is 134 cm³/mol. The largest absolute Gasteiger partial charge is 0.491 e. The first-order valence-electron chi connectivity index (χ1n) is 11.6. The van der Waals surface area contributed by atoms with Crippen LogP contribution in [0.2, 0.25) is 0 Å². The molecule has 0 aliphatic carbocycles. The summed E-state index contributed by atoms with van der Waals surface area (Å²) in [6.45, 7) is 2.97. The lowest BCUT2D eigenvalue weighted by atomic mass is 9.96. The number of ether oxygens (including phenoxy) is 1. The van der Waals surface area contributed by atoms with Crippen molar-refractivity contribution < 1.29 is 14.6 Å². The molecule has 0 bridgehead atoms. The Kier molecular flexibility index (Phi) is 8.06. The van der Waals surface area contributed by atoms with Crippen LogP contribution in [0.1, 0.15) is 18.4 Å². The number of urea groups is 1. The zero-order valence-electron chi connectivity index (χ0n) is 19.2. The van der Waals surface area contributed by atoms with Crippen LogP contribution in [0, 0.1) is 5.92 Å². The molecule has 4 rings (SSSR count). The van der Waals surface area contributed by atoms with Crippen molar-refractivity contribution in [2.45, 2.75) is 19.3 Å². The van der Waals surface area contributed by atoms with Gasteiger partial charge in [-0.15, -0.1) is 0 Å². The molecule has 4 N–H and O–H groups in total. The van der Waals surface area contributed by atoms with E-state index in [0.29, 0.717) is 18.1 Å². The summed E-state index contributed by atoms with van der Waals surface area (Å²) in [5, 5.41) is 13.7. The normalized spacial score (nSPS) is 17.0. The number of likely N-dealkylation sites (tertiary alicyclic amines) is 1. The van der Waals surface area contributed by atoms with Gasteiger partial charge < -0.3 is 25.8 Å². The van der Waals surface area contributed by atoms with Crippen molar-refractivity contribution >= 4 is 28.3 Å². The van der Waals surface area contributed by atoms with E-state index in [1.807, 2.05) is 42.5 Å². The van der Waals surface area contributed by atoms with Crippen LogP contribution in [-0.2, 0) is 6.42 Å². The molecule has 34 heavy (non-hydrogen) atoms. The summed E-state index contributed by atoms with van der Waals surface area (Å²) >= 11 is 0. The fourth-order valence-corrected chi connectivity index (χ4v) is 4.32. The molecule has 1 fully saturated rings. The molecule has 0 radical (unpaired) electrons. The molecule has 2 aromatic carbocycles. The van der Waals surface area contributed by atoms with Crippen molar-refractivity contribution in [1.29, 1.82) is 0 Å². The molecule has 8 nitrogen and oxygen atoms in total. The van der Waals surface area contributed by atoms with Gasteiger partial charge in [0.1, 0.15) is 18.2 Å². The first-order chi connectivity index (χ1) is 16.6. The quantitative estimate of drug-likeness (QED) is 0.350. The minimum Gasteiger partial charge on any atom is -0.491 e. The highest BCUT2D eigenvalue weighted by Gasteiger charge is 2.23. The molecular weight excluding hydrogens is 430 g/mol. The van der Waals surface area contributed by atoms with Crippen LogP contribution in [0.25, 0.3) is 10.8 Å². The van der Waals surface area contributed by atoms with Gasteiger partial charge >= 0.3 is 6.03 Å². The van der Waals surface area contributed by atoms with Crippen LogP contribution in [0.5, 0.6) is 5.75 Å². The van der Waals surface area contributed by atoms with Crippen molar-refractivity contribution in [3.63, 3.8) is 0 Å². The zero-order chi connectivity index (χ0) is 23.8. The van der Waals surface area contributed by atoms with Crippen LogP contribution < -0.4 is 15.8 Å². The number of carbonyl (C=O) groups is 1. The molecule has 3 aromatic rings. The fourth-order valence-electron chi connectivity index (χ4n) is 4.32. The monoisotopic (exact) mass is 461 g/mol. The number of rotatable bonds is 8. The summed E-state index contributed by atoms with van der Waals surface area (Å²) in [7, 11) is 0. The number of aliphatic imine (C=N–C) groups is 1. The Balaban J connectivity index is 1.32. The van der Waals surface area contributed by atoms with Gasteiger partial charge in [-0.3, -0.25) is 4.98 Å². The molecule has 1 aliphatic heterocycles. The highest BCUT2D eigenvalue weighted by Crippen LogP contribution is 2.23. The van der Waals surface area contributed by atoms with Gasteiger partial charge in [0.05, 0.1) is 12.3 Å². The summed E-state index contributed by atoms with van der Waals surface area (Å²) in [6, 6.07) is 15.0. The molecule has 8 heteroatoms. The van der Waals surface area contributed by atoms with Gasteiger partial charge in [-0.2, -0.15) is 4.99 Å². The van der Waals surface area contributed by atoms with E-state index in [0.717, 1.165) is 55.4 Å². The number of aromatic nitrogens is 1. The molecule has 2 heterocycles. The number of nitrogens with two attached hydrogens (primary N) is 1. The van der Waals surface area contributed by atoms with E-state index >= 15 is 0 Å². The van der Waals surface area contributed by atoms with Crippen LogP contribution in [0.3, 0.4) is 0 Å². The lowest BCUT2D eigenvalue weighted by Crippen LogP contribution is -2.42. The van der Waals surface area contributed by atoms with Crippen molar-refractivity contribution in [2.75, 3.05) is 38.2 Å². The van der Waals surface area contributed by atoms with Crippen molar-refractivity contribution in [3.05, 3.63) is 66.5 Å². The summed E-state index contributed by atoms with van der Waals surface area (Å²) in [5.41, 5.74) is 8.14. The van der Waals surface area contributed by atoms with Gasteiger partial charge in [-0.1, -0.05) is 24.3 Å². The standard InChI is InChI=1S/C26H31N5O3/c27-25(30-26(33)29-24-8-2-5-20-17-28-11-9-23(20)24)21-6-3-12-31(18-21)13-10-19-4-1-7-22(16-19)34-15-14-32/h1-2,4-5,7-9,11,16-17,21,32H,3,6,10,12-15,18H2,(H3,27,29,30,33). The van der Waals surface area contributed by atoms with Crippen LogP contribution in [0.15, 0.2) is 65.9 Å². The molecule has 1 aromatic heterocycles. The molecule has 0 spiro atoms. The maximum atomic E-state index is 12.6. The molecule has 2 amide bonds. The maximum absolute atomic E-state index is 12.6. The van der Waals surface area contributed by atoms with E-state index in [-0.39, 0.29) is 12.5 Å². The molecule has 1 atom stereocenters. The Bertz CT molecular complexity index is 1140.